The Morgan fingerprint density at radius 1 is 1.42 bits per heavy atom. The quantitative estimate of drug-likeness (QED) is 0.834. The molecular formula is C9H10ClN5O3S. The van der Waals surface area contributed by atoms with E-state index >= 15 is 0 Å². The molecule has 0 atom stereocenters. The van der Waals surface area contributed by atoms with Gasteiger partial charge in [0, 0.05) is 13.2 Å². The molecule has 2 aromatic rings. The monoisotopic (exact) mass is 303 g/mol. The Labute approximate surface area is 114 Å². The molecule has 2 aromatic heterocycles. The number of sulfonamides is 1. The van der Waals surface area contributed by atoms with E-state index in [0.717, 1.165) is 6.39 Å². The maximum atomic E-state index is 12.0. The van der Waals surface area contributed by atoms with Crippen LogP contribution in [0.3, 0.4) is 0 Å². The first-order valence-electron chi connectivity index (χ1n) is 5.11. The fourth-order valence-electron chi connectivity index (χ4n) is 1.26. The van der Waals surface area contributed by atoms with Gasteiger partial charge in [0.05, 0.1) is 11.6 Å². The summed E-state index contributed by atoms with van der Waals surface area (Å²) >= 11 is 5.88. The molecule has 0 saturated heterocycles. The zero-order valence-corrected chi connectivity index (χ0v) is 11.4. The molecule has 0 amide bonds. The summed E-state index contributed by atoms with van der Waals surface area (Å²) in [6.07, 6.45) is 2.32. The number of rotatable bonds is 5. The third kappa shape index (κ3) is 3.19. The van der Waals surface area contributed by atoms with Gasteiger partial charge in [-0.25, -0.2) is 18.1 Å². The van der Waals surface area contributed by atoms with Crippen LogP contribution < -0.4 is 10.0 Å². The van der Waals surface area contributed by atoms with Crippen LogP contribution in [-0.4, -0.2) is 30.6 Å². The Bertz CT molecular complexity index is 658. The van der Waals surface area contributed by atoms with Crippen molar-refractivity contribution in [3.8, 4) is 0 Å². The molecule has 8 nitrogen and oxygen atoms in total. The van der Waals surface area contributed by atoms with E-state index in [4.69, 9.17) is 11.6 Å². The number of halogens is 1. The highest BCUT2D eigenvalue weighted by atomic mass is 35.5. The predicted octanol–water partition coefficient (Wildman–Crippen LogP) is 0.638. The van der Waals surface area contributed by atoms with Crippen molar-refractivity contribution in [2.75, 3.05) is 12.4 Å². The molecule has 0 radical (unpaired) electrons. The highest BCUT2D eigenvalue weighted by Gasteiger charge is 2.17. The molecule has 2 heterocycles. The summed E-state index contributed by atoms with van der Waals surface area (Å²) in [4.78, 5) is 7.56. The number of anilines is 1. The van der Waals surface area contributed by atoms with Crippen molar-refractivity contribution in [2.45, 2.75) is 11.4 Å². The minimum atomic E-state index is -3.73. The molecule has 0 fully saturated rings. The first-order valence-corrected chi connectivity index (χ1v) is 6.97. The molecule has 0 spiro atoms. The molecule has 0 bridgehead atoms. The van der Waals surface area contributed by atoms with Gasteiger partial charge in [0.2, 0.25) is 16.4 Å². The summed E-state index contributed by atoms with van der Waals surface area (Å²) in [6, 6.07) is 1.30. The number of nitrogens with one attached hydrogen (secondary N) is 2. The van der Waals surface area contributed by atoms with E-state index in [9.17, 15) is 8.42 Å². The van der Waals surface area contributed by atoms with Crippen LogP contribution in [0.15, 0.2) is 28.1 Å². The van der Waals surface area contributed by atoms with Gasteiger partial charge in [-0.2, -0.15) is 4.98 Å². The highest BCUT2D eigenvalue weighted by Crippen LogP contribution is 2.21. The lowest BCUT2D eigenvalue weighted by Gasteiger charge is -2.07. The molecule has 0 aliphatic heterocycles. The van der Waals surface area contributed by atoms with Crippen LogP contribution in [0.1, 0.15) is 5.82 Å². The number of pyridine rings is 1. The van der Waals surface area contributed by atoms with Crippen molar-refractivity contribution in [2.24, 2.45) is 0 Å². The van der Waals surface area contributed by atoms with Gasteiger partial charge in [-0.3, -0.25) is 0 Å². The van der Waals surface area contributed by atoms with E-state index in [1.807, 2.05) is 0 Å². The molecular weight excluding hydrogens is 294 g/mol. The average Bonchev–Trinajstić information content (AvgIpc) is 2.89. The van der Waals surface area contributed by atoms with Gasteiger partial charge in [0.15, 0.2) is 5.82 Å². The lowest BCUT2D eigenvalue weighted by Crippen LogP contribution is -2.24. The van der Waals surface area contributed by atoms with Crippen molar-refractivity contribution >= 4 is 27.4 Å². The summed E-state index contributed by atoms with van der Waals surface area (Å²) in [5, 5.41) is 6.44. The first-order chi connectivity index (χ1) is 9.03. The van der Waals surface area contributed by atoms with E-state index in [-0.39, 0.29) is 22.3 Å². The van der Waals surface area contributed by atoms with E-state index < -0.39 is 10.0 Å². The number of aromatic nitrogens is 3. The number of nitrogens with zero attached hydrogens (tertiary/aromatic N) is 3. The SMILES string of the molecule is CNc1ncc(S(=O)(=O)NCc2ncon2)cc1Cl. The van der Waals surface area contributed by atoms with Gasteiger partial charge in [-0.05, 0) is 6.07 Å². The zero-order chi connectivity index (χ0) is 13.9. The second-order valence-electron chi connectivity index (χ2n) is 3.42. The average molecular weight is 304 g/mol. The van der Waals surface area contributed by atoms with Gasteiger partial charge in [-0.1, -0.05) is 16.8 Å². The van der Waals surface area contributed by atoms with Gasteiger partial charge < -0.3 is 9.84 Å². The Kier molecular flexibility index (Phi) is 3.98. The van der Waals surface area contributed by atoms with E-state index in [0.29, 0.717) is 5.82 Å². The van der Waals surface area contributed by atoms with Crippen LogP contribution in [-0.2, 0) is 16.6 Å². The molecule has 0 aromatic carbocycles. The molecule has 2 rings (SSSR count). The first kappa shape index (κ1) is 13.7. The molecule has 19 heavy (non-hydrogen) atoms. The van der Waals surface area contributed by atoms with Gasteiger partial charge in [0.1, 0.15) is 10.7 Å². The van der Waals surface area contributed by atoms with Crippen molar-refractivity contribution in [3.63, 3.8) is 0 Å². The van der Waals surface area contributed by atoms with Crippen molar-refractivity contribution in [1.29, 1.82) is 0 Å². The standard InChI is InChI=1S/C9H10ClN5O3S/c1-11-9-7(10)2-6(3-12-9)19(16,17)14-4-8-13-5-18-15-8/h2-3,5,14H,4H2,1H3,(H,11,12). The van der Waals surface area contributed by atoms with Crippen molar-refractivity contribution < 1.29 is 12.9 Å². The topological polar surface area (TPSA) is 110 Å². The Morgan fingerprint density at radius 3 is 2.79 bits per heavy atom. The fourth-order valence-corrected chi connectivity index (χ4v) is 2.54. The molecule has 2 N–H and O–H groups in total. The van der Waals surface area contributed by atoms with Crippen molar-refractivity contribution in [1.82, 2.24) is 19.8 Å². The largest absolute Gasteiger partial charge is 0.372 e. The van der Waals surface area contributed by atoms with E-state index in [2.05, 4.69) is 29.7 Å². The summed E-state index contributed by atoms with van der Waals surface area (Å²) < 4.78 is 30.7. The fraction of sp³-hybridized carbons (Fsp3) is 0.222. The van der Waals surface area contributed by atoms with Crippen LogP contribution in [0.2, 0.25) is 5.02 Å². The summed E-state index contributed by atoms with van der Waals surface area (Å²) in [5.74, 6) is 0.633. The van der Waals surface area contributed by atoms with Crippen LogP contribution >= 0.6 is 11.6 Å². The zero-order valence-electron chi connectivity index (χ0n) is 9.79. The summed E-state index contributed by atoms with van der Waals surface area (Å²) in [7, 11) is -2.09. The Morgan fingerprint density at radius 2 is 2.21 bits per heavy atom. The second kappa shape index (κ2) is 5.51. The third-order valence-electron chi connectivity index (χ3n) is 2.19. The molecule has 0 aliphatic carbocycles. The molecule has 0 saturated carbocycles. The smallest absolute Gasteiger partial charge is 0.242 e. The van der Waals surface area contributed by atoms with E-state index in [1.54, 1.807) is 7.05 Å². The third-order valence-corrected chi connectivity index (χ3v) is 3.85. The molecule has 10 heteroatoms. The summed E-state index contributed by atoms with van der Waals surface area (Å²) in [5.41, 5.74) is 0. The molecule has 0 unspecified atom stereocenters. The van der Waals surface area contributed by atoms with Gasteiger partial charge in [0.25, 0.3) is 0 Å². The van der Waals surface area contributed by atoms with Crippen molar-refractivity contribution in [3.05, 3.63) is 29.5 Å². The summed E-state index contributed by atoms with van der Waals surface area (Å²) in [6.45, 7) is -0.0791. The second-order valence-corrected chi connectivity index (χ2v) is 5.60. The van der Waals surface area contributed by atoms with Crippen LogP contribution in [0.5, 0.6) is 0 Å². The van der Waals surface area contributed by atoms with Gasteiger partial charge >= 0.3 is 0 Å². The molecule has 0 aliphatic rings. The van der Waals surface area contributed by atoms with Crippen LogP contribution in [0.25, 0.3) is 0 Å². The van der Waals surface area contributed by atoms with Crippen LogP contribution in [0, 0.1) is 0 Å². The Hall–Kier alpha value is -1.71. The minimum Gasteiger partial charge on any atom is -0.372 e. The molecule has 102 valence electrons. The maximum absolute atomic E-state index is 12.0. The minimum absolute atomic E-state index is 0.0417. The normalized spacial score (nSPS) is 11.5. The number of hydrogen-bond acceptors (Lipinski definition) is 7. The predicted molar refractivity (Wildman–Crippen MR) is 67.1 cm³/mol. The lowest BCUT2D eigenvalue weighted by atomic mass is 10.4. The van der Waals surface area contributed by atoms with Crippen LogP contribution in [0.4, 0.5) is 5.82 Å². The lowest BCUT2D eigenvalue weighted by molar-refractivity contribution is 0.409. The highest BCUT2D eigenvalue weighted by molar-refractivity contribution is 7.89. The maximum Gasteiger partial charge on any atom is 0.242 e. The number of hydrogen-bond donors (Lipinski definition) is 2. The van der Waals surface area contributed by atoms with Gasteiger partial charge in [-0.15, -0.1) is 0 Å². The van der Waals surface area contributed by atoms with E-state index in [1.165, 1.54) is 12.3 Å². The Balaban J connectivity index is 2.17.